The van der Waals surface area contributed by atoms with Crippen molar-refractivity contribution in [2.75, 3.05) is 24.6 Å². The van der Waals surface area contributed by atoms with Crippen molar-refractivity contribution in [3.8, 4) is 0 Å². The maximum Gasteiger partial charge on any atom is 0.394 e. The van der Waals surface area contributed by atoms with E-state index in [0.717, 1.165) is 24.6 Å². The lowest BCUT2D eigenvalue weighted by Crippen LogP contribution is -2.02. The van der Waals surface area contributed by atoms with E-state index in [4.69, 9.17) is 29.0 Å². The van der Waals surface area contributed by atoms with E-state index in [2.05, 4.69) is 0 Å². The summed E-state index contributed by atoms with van der Waals surface area (Å²) in [6, 6.07) is 0. The highest BCUT2D eigenvalue weighted by atomic mass is 33.1. The molecule has 90 valence electrons. The van der Waals surface area contributed by atoms with E-state index in [9.17, 15) is 0 Å². The molecule has 0 spiro atoms. The van der Waals surface area contributed by atoms with Crippen LogP contribution in [0.3, 0.4) is 0 Å². The first-order chi connectivity index (χ1) is 5.91. The van der Waals surface area contributed by atoms with Gasteiger partial charge in [-0.1, -0.05) is 21.6 Å². The zero-order valence-corrected chi connectivity index (χ0v) is 9.87. The average molecular weight is 268 g/mol. The Hall–Kier alpha value is 0.450. The summed E-state index contributed by atoms with van der Waals surface area (Å²) in [5.41, 5.74) is 10.5. The molecule has 0 aliphatic rings. The van der Waals surface area contributed by atoms with Gasteiger partial charge in [0.15, 0.2) is 0 Å². The monoisotopic (exact) mass is 268 g/mol. The maximum atomic E-state index is 8.74. The quantitative estimate of drug-likeness (QED) is 0.275. The summed E-state index contributed by atoms with van der Waals surface area (Å²) in [4.78, 5) is 0. The van der Waals surface area contributed by atoms with E-state index >= 15 is 0 Å². The third-order valence-electron chi connectivity index (χ3n) is 0.486. The molecule has 0 bridgehead atoms. The van der Waals surface area contributed by atoms with Crippen molar-refractivity contribution in [2.24, 2.45) is 11.5 Å². The van der Waals surface area contributed by atoms with Gasteiger partial charge in [-0.05, 0) is 0 Å². The molecule has 0 radical (unpaired) electrons. The van der Waals surface area contributed by atoms with Gasteiger partial charge < -0.3 is 16.9 Å². The van der Waals surface area contributed by atoms with Crippen LogP contribution in [0.25, 0.3) is 0 Å². The molecule has 0 amide bonds. The lowest BCUT2D eigenvalue weighted by molar-refractivity contribution is 0.381. The van der Waals surface area contributed by atoms with Crippen LogP contribution in [0, 0.1) is 0 Å². The van der Waals surface area contributed by atoms with Gasteiger partial charge in [0.05, 0.1) is 0 Å². The van der Waals surface area contributed by atoms with Gasteiger partial charge in [0, 0.05) is 24.6 Å². The van der Waals surface area contributed by atoms with Crippen molar-refractivity contribution >= 4 is 32.0 Å². The zero-order valence-electron chi connectivity index (χ0n) is 7.42. The van der Waals surface area contributed by atoms with Crippen LogP contribution in [-0.4, -0.2) is 47.6 Å². The molecule has 10 heteroatoms. The van der Waals surface area contributed by atoms with Gasteiger partial charge in [0.25, 0.3) is 0 Å². The molecule has 0 saturated carbocycles. The Labute approximate surface area is 91.3 Å². The third-order valence-corrected chi connectivity index (χ3v) is 2.96. The van der Waals surface area contributed by atoms with E-state index < -0.39 is 10.4 Å². The fraction of sp³-hybridized carbons (Fsp3) is 1.00. The van der Waals surface area contributed by atoms with Crippen molar-refractivity contribution in [1.29, 1.82) is 0 Å². The molecule has 7 nitrogen and oxygen atoms in total. The molecule has 0 aliphatic carbocycles. The summed E-state index contributed by atoms with van der Waals surface area (Å²) in [5, 5.41) is 0. The second-order valence-electron chi connectivity index (χ2n) is 1.67. The Bertz CT molecular complexity index is 171. The topological polar surface area (TPSA) is 158 Å². The third kappa shape index (κ3) is 55.0. The zero-order chi connectivity index (χ0) is 10.7. The molecule has 0 aromatic heterocycles. The van der Waals surface area contributed by atoms with Gasteiger partial charge >= 0.3 is 10.4 Å². The van der Waals surface area contributed by atoms with E-state index in [0.29, 0.717) is 0 Å². The van der Waals surface area contributed by atoms with Crippen molar-refractivity contribution in [1.82, 2.24) is 0 Å². The van der Waals surface area contributed by atoms with E-state index in [-0.39, 0.29) is 5.48 Å². The first kappa shape index (κ1) is 19.9. The smallest absolute Gasteiger partial charge is 0.394 e. The Balaban J connectivity index is -0.000000177. The van der Waals surface area contributed by atoms with Gasteiger partial charge in [-0.25, -0.2) is 0 Å². The molecule has 0 rings (SSSR count). The molecule has 0 aromatic carbocycles. The Morgan fingerprint density at radius 3 is 1.36 bits per heavy atom. The summed E-state index contributed by atoms with van der Waals surface area (Å²) in [5.74, 6) is 2.06. The highest BCUT2D eigenvalue weighted by Gasteiger charge is 1.85. The highest BCUT2D eigenvalue weighted by Crippen LogP contribution is 2.18. The van der Waals surface area contributed by atoms with Crippen LogP contribution in [0.1, 0.15) is 0 Å². The van der Waals surface area contributed by atoms with E-state index in [1.54, 1.807) is 21.6 Å². The van der Waals surface area contributed by atoms with Crippen LogP contribution >= 0.6 is 21.6 Å². The van der Waals surface area contributed by atoms with Crippen LogP contribution < -0.4 is 11.5 Å². The summed E-state index contributed by atoms with van der Waals surface area (Å²) >= 11 is 0. The number of rotatable bonds is 5. The molecular weight excluding hydrogens is 252 g/mol. The molecule has 0 aliphatic heterocycles. The number of hydrogen-bond donors (Lipinski definition) is 4. The average Bonchev–Trinajstić information content (AvgIpc) is 1.95. The van der Waals surface area contributed by atoms with Gasteiger partial charge in [0.1, 0.15) is 0 Å². The van der Waals surface area contributed by atoms with Crippen molar-refractivity contribution in [3.05, 3.63) is 0 Å². The summed E-state index contributed by atoms with van der Waals surface area (Å²) < 4.78 is 31.6. The standard InChI is InChI=1S/C4H12N2S2.H2O4S.H2O/c5-1-3-7-8-4-2-6;1-5(2,3)4;/h1-6H2;(H2,1,2,3,4);1H2. The molecule has 0 unspecified atom stereocenters. The Morgan fingerprint density at radius 1 is 1.00 bits per heavy atom. The molecule has 0 atom stereocenters. The molecule has 8 N–H and O–H groups in total. The SMILES string of the molecule is NCCSSCCN.O.O=S(=O)(O)O. The normalized spacial score (nSPS) is 9.71. The minimum Gasteiger partial charge on any atom is -0.412 e. The lowest BCUT2D eigenvalue weighted by atomic mass is 10.8. The van der Waals surface area contributed by atoms with Crippen molar-refractivity contribution in [2.45, 2.75) is 0 Å². The minimum absolute atomic E-state index is 0. The van der Waals surface area contributed by atoms with Gasteiger partial charge in [-0.2, -0.15) is 8.42 Å². The van der Waals surface area contributed by atoms with Gasteiger partial charge in [-0.3, -0.25) is 9.11 Å². The largest absolute Gasteiger partial charge is 0.412 e. The van der Waals surface area contributed by atoms with Crippen LogP contribution in [0.2, 0.25) is 0 Å². The summed E-state index contributed by atoms with van der Waals surface area (Å²) in [6.45, 7) is 1.53. The molecule has 0 heterocycles. The fourth-order valence-electron chi connectivity index (χ4n) is 0.214. The first-order valence-electron chi connectivity index (χ1n) is 3.26. The highest BCUT2D eigenvalue weighted by molar-refractivity contribution is 8.76. The second-order valence-corrected chi connectivity index (χ2v) is 5.27. The second kappa shape index (κ2) is 13.4. The van der Waals surface area contributed by atoms with Gasteiger partial charge in [0.2, 0.25) is 0 Å². The fourth-order valence-corrected chi connectivity index (χ4v) is 1.93. The van der Waals surface area contributed by atoms with Gasteiger partial charge in [-0.15, -0.1) is 0 Å². The number of nitrogens with two attached hydrogens (primary N) is 2. The number of hydrogen-bond acceptors (Lipinski definition) is 6. The van der Waals surface area contributed by atoms with Crippen LogP contribution in [0.15, 0.2) is 0 Å². The predicted molar refractivity (Wildman–Crippen MR) is 60.8 cm³/mol. The Morgan fingerprint density at radius 2 is 1.21 bits per heavy atom. The van der Waals surface area contributed by atoms with Crippen molar-refractivity contribution in [3.63, 3.8) is 0 Å². The van der Waals surface area contributed by atoms with Crippen LogP contribution in [0.4, 0.5) is 0 Å². The molecular formula is C4H16N2O5S3. The Kier molecular flexibility index (Phi) is 19.2. The summed E-state index contributed by atoms with van der Waals surface area (Å²) in [6.07, 6.45) is 0. The minimum atomic E-state index is -4.67. The first-order valence-corrected chi connectivity index (χ1v) is 7.14. The van der Waals surface area contributed by atoms with Crippen LogP contribution in [-0.2, 0) is 10.4 Å². The molecule has 0 aromatic rings. The summed E-state index contributed by atoms with van der Waals surface area (Å²) in [7, 11) is -1.09. The van der Waals surface area contributed by atoms with E-state index in [1.165, 1.54) is 0 Å². The molecule has 0 saturated heterocycles. The predicted octanol–water partition coefficient (Wildman–Crippen LogP) is -1.19. The van der Waals surface area contributed by atoms with Crippen molar-refractivity contribution < 1.29 is 23.0 Å². The lowest BCUT2D eigenvalue weighted by Gasteiger charge is -1.93. The maximum absolute atomic E-state index is 8.74. The van der Waals surface area contributed by atoms with E-state index in [1.807, 2.05) is 0 Å². The van der Waals surface area contributed by atoms with Crippen LogP contribution in [0.5, 0.6) is 0 Å². The molecule has 14 heavy (non-hydrogen) atoms. The molecule has 0 fully saturated rings.